The van der Waals surface area contributed by atoms with Crippen LogP contribution in [0, 0.1) is 5.92 Å². The van der Waals surface area contributed by atoms with Crippen LogP contribution in [0.1, 0.15) is 43.7 Å². The fourth-order valence-electron chi connectivity index (χ4n) is 3.66. The van der Waals surface area contributed by atoms with E-state index in [0.29, 0.717) is 11.8 Å². The highest BCUT2D eigenvalue weighted by molar-refractivity contribution is 5.92. The fourth-order valence-corrected chi connectivity index (χ4v) is 3.66. The van der Waals surface area contributed by atoms with Gasteiger partial charge < -0.3 is 10.1 Å². The molecule has 0 saturated heterocycles. The number of amides is 1. The highest BCUT2D eigenvalue weighted by atomic mass is 16.5. The van der Waals surface area contributed by atoms with Gasteiger partial charge in [-0.15, -0.1) is 0 Å². The van der Waals surface area contributed by atoms with Crippen molar-refractivity contribution >= 4 is 17.7 Å². The number of carbonyl (C=O) groups excluding carboxylic acids is 1. The van der Waals surface area contributed by atoms with Gasteiger partial charge >= 0.3 is 6.01 Å². The summed E-state index contributed by atoms with van der Waals surface area (Å²) in [6, 6.07) is 11.9. The first-order chi connectivity index (χ1) is 15.2. The molecule has 6 nitrogen and oxygen atoms in total. The van der Waals surface area contributed by atoms with Crippen molar-refractivity contribution in [3.05, 3.63) is 77.9 Å². The van der Waals surface area contributed by atoms with E-state index >= 15 is 0 Å². The van der Waals surface area contributed by atoms with Crippen LogP contribution in [0.4, 0.5) is 5.69 Å². The number of carbonyl (C=O) groups is 1. The summed E-state index contributed by atoms with van der Waals surface area (Å²) in [6.45, 7) is 2.07. The van der Waals surface area contributed by atoms with Crippen LogP contribution >= 0.6 is 0 Å². The molecule has 0 radical (unpaired) electrons. The Labute approximate surface area is 182 Å². The molecule has 0 aliphatic heterocycles. The lowest BCUT2D eigenvalue weighted by molar-refractivity contribution is -0.120. The number of hydrogen-bond donors (Lipinski definition) is 1. The van der Waals surface area contributed by atoms with E-state index in [0.717, 1.165) is 48.9 Å². The molecule has 3 aromatic rings. The van der Waals surface area contributed by atoms with Crippen molar-refractivity contribution in [3.63, 3.8) is 0 Å². The van der Waals surface area contributed by atoms with Gasteiger partial charge in [0.25, 0.3) is 0 Å². The SMILES string of the molecule is CCc1cnc(Oc2cccc(C=C3CCC(C(=O)Nc4cccnc4)CC3)c2)nc1. The van der Waals surface area contributed by atoms with Crippen LogP contribution in [0.5, 0.6) is 11.8 Å². The number of benzene rings is 1. The van der Waals surface area contributed by atoms with Crippen molar-refractivity contribution in [1.29, 1.82) is 0 Å². The van der Waals surface area contributed by atoms with Crippen molar-refractivity contribution in [1.82, 2.24) is 15.0 Å². The Kier molecular flexibility index (Phi) is 6.67. The summed E-state index contributed by atoms with van der Waals surface area (Å²) in [5, 5.41) is 2.96. The lowest BCUT2D eigenvalue weighted by Crippen LogP contribution is -2.25. The van der Waals surface area contributed by atoms with Gasteiger partial charge in [-0.05, 0) is 67.5 Å². The van der Waals surface area contributed by atoms with Crippen molar-refractivity contribution in [2.75, 3.05) is 5.32 Å². The van der Waals surface area contributed by atoms with Gasteiger partial charge in [0.2, 0.25) is 5.91 Å². The van der Waals surface area contributed by atoms with E-state index in [1.807, 2.05) is 30.3 Å². The number of hydrogen-bond acceptors (Lipinski definition) is 5. The maximum Gasteiger partial charge on any atom is 0.321 e. The second kappa shape index (κ2) is 9.98. The Morgan fingerprint density at radius 1 is 1.13 bits per heavy atom. The van der Waals surface area contributed by atoms with E-state index in [1.54, 1.807) is 24.8 Å². The summed E-state index contributed by atoms with van der Waals surface area (Å²) in [4.78, 5) is 25.1. The molecule has 2 heterocycles. The van der Waals surface area contributed by atoms with E-state index in [1.165, 1.54) is 5.57 Å². The van der Waals surface area contributed by atoms with Crippen LogP contribution in [0.2, 0.25) is 0 Å². The zero-order chi connectivity index (χ0) is 21.5. The average Bonchev–Trinajstić information content (AvgIpc) is 2.81. The summed E-state index contributed by atoms with van der Waals surface area (Å²) < 4.78 is 5.80. The van der Waals surface area contributed by atoms with Gasteiger partial charge in [-0.1, -0.05) is 30.7 Å². The van der Waals surface area contributed by atoms with Crippen molar-refractivity contribution < 1.29 is 9.53 Å². The van der Waals surface area contributed by atoms with Crippen molar-refractivity contribution in [2.45, 2.75) is 39.0 Å². The molecule has 1 aliphatic carbocycles. The third-order valence-corrected chi connectivity index (χ3v) is 5.46. The molecule has 1 fully saturated rings. The van der Waals surface area contributed by atoms with Gasteiger partial charge in [0.1, 0.15) is 5.75 Å². The minimum atomic E-state index is 0.0373. The largest absolute Gasteiger partial charge is 0.424 e. The first-order valence-electron chi connectivity index (χ1n) is 10.7. The van der Waals surface area contributed by atoms with Gasteiger partial charge in [-0.3, -0.25) is 9.78 Å². The summed E-state index contributed by atoms with van der Waals surface area (Å²) in [6.07, 6.45) is 13.6. The number of pyridine rings is 1. The quantitative estimate of drug-likeness (QED) is 0.581. The molecular formula is C25H26N4O2. The molecule has 1 saturated carbocycles. The molecule has 0 spiro atoms. The molecule has 1 aromatic carbocycles. The summed E-state index contributed by atoms with van der Waals surface area (Å²) in [5.74, 6) is 0.829. The maximum atomic E-state index is 12.5. The zero-order valence-corrected chi connectivity index (χ0v) is 17.6. The first-order valence-corrected chi connectivity index (χ1v) is 10.7. The predicted octanol–water partition coefficient (Wildman–Crippen LogP) is 5.44. The number of anilines is 1. The lowest BCUT2D eigenvalue weighted by atomic mass is 9.84. The maximum absolute atomic E-state index is 12.5. The Balaban J connectivity index is 1.34. The highest BCUT2D eigenvalue weighted by Gasteiger charge is 2.23. The van der Waals surface area contributed by atoms with Crippen LogP contribution in [0.15, 0.2) is 66.8 Å². The summed E-state index contributed by atoms with van der Waals surface area (Å²) in [7, 11) is 0. The molecule has 0 bridgehead atoms. The van der Waals surface area contributed by atoms with Gasteiger partial charge in [-0.2, -0.15) is 0 Å². The van der Waals surface area contributed by atoms with Gasteiger partial charge in [-0.25, -0.2) is 9.97 Å². The van der Waals surface area contributed by atoms with Crippen LogP contribution in [0.3, 0.4) is 0 Å². The minimum absolute atomic E-state index is 0.0373. The van der Waals surface area contributed by atoms with Crippen LogP contribution in [0.25, 0.3) is 6.08 Å². The van der Waals surface area contributed by atoms with Gasteiger partial charge in [0, 0.05) is 24.5 Å². The van der Waals surface area contributed by atoms with E-state index in [-0.39, 0.29) is 11.8 Å². The van der Waals surface area contributed by atoms with E-state index in [4.69, 9.17) is 4.74 Å². The summed E-state index contributed by atoms with van der Waals surface area (Å²) in [5.41, 5.74) is 4.26. The third kappa shape index (κ3) is 5.75. The third-order valence-electron chi connectivity index (χ3n) is 5.46. The molecule has 0 atom stereocenters. The number of allylic oxidation sites excluding steroid dienone is 1. The molecule has 158 valence electrons. The Morgan fingerprint density at radius 3 is 2.65 bits per heavy atom. The molecule has 6 heteroatoms. The number of aromatic nitrogens is 3. The normalized spacial score (nSPS) is 15.9. The second-order valence-corrected chi connectivity index (χ2v) is 7.71. The van der Waals surface area contributed by atoms with Gasteiger partial charge in [0.05, 0.1) is 11.9 Å². The average molecular weight is 415 g/mol. The van der Waals surface area contributed by atoms with Crippen molar-refractivity contribution in [2.24, 2.45) is 5.92 Å². The predicted molar refractivity (Wildman–Crippen MR) is 121 cm³/mol. The number of ether oxygens (including phenoxy) is 1. The molecule has 1 N–H and O–H groups in total. The van der Waals surface area contributed by atoms with Crippen molar-refractivity contribution in [3.8, 4) is 11.8 Å². The zero-order valence-electron chi connectivity index (χ0n) is 17.6. The van der Waals surface area contributed by atoms with Crippen LogP contribution in [-0.4, -0.2) is 20.9 Å². The summed E-state index contributed by atoms with van der Waals surface area (Å²) >= 11 is 0. The topological polar surface area (TPSA) is 77.0 Å². The Bertz CT molecular complexity index is 1040. The Morgan fingerprint density at radius 2 is 1.94 bits per heavy atom. The molecule has 1 aliphatic rings. The lowest BCUT2D eigenvalue weighted by Gasteiger charge is -2.23. The van der Waals surface area contributed by atoms with Crippen LogP contribution < -0.4 is 10.1 Å². The number of nitrogens with zero attached hydrogens (tertiary/aromatic N) is 3. The first kappa shape index (κ1) is 20.7. The molecular weight excluding hydrogens is 388 g/mol. The molecule has 4 rings (SSSR count). The molecule has 2 aromatic heterocycles. The molecule has 0 unspecified atom stereocenters. The smallest absolute Gasteiger partial charge is 0.321 e. The minimum Gasteiger partial charge on any atom is -0.424 e. The van der Waals surface area contributed by atoms with E-state index < -0.39 is 0 Å². The number of aryl methyl sites for hydroxylation is 1. The van der Waals surface area contributed by atoms with E-state index in [9.17, 15) is 4.79 Å². The number of rotatable bonds is 6. The van der Waals surface area contributed by atoms with Gasteiger partial charge in [0.15, 0.2) is 0 Å². The standard InChI is InChI=1S/C25H26N4O2/c1-2-18-15-27-25(28-16-18)31-23-7-3-5-20(14-23)13-19-8-10-21(11-9-19)24(30)29-22-6-4-12-26-17-22/h3-7,12-17,21H,2,8-11H2,1H3,(H,29,30). The van der Waals surface area contributed by atoms with E-state index in [2.05, 4.69) is 39.3 Å². The Hall–Kier alpha value is -3.54. The molecule has 1 amide bonds. The fraction of sp³-hybridized carbons (Fsp3) is 0.280. The van der Waals surface area contributed by atoms with Crippen LogP contribution in [-0.2, 0) is 11.2 Å². The second-order valence-electron chi connectivity index (χ2n) is 7.71. The number of nitrogens with one attached hydrogen (secondary N) is 1. The molecule has 31 heavy (non-hydrogen) atoms. The monoisotopic (exact) mass is 414 g/mol. The highest BCUT2D eigenvalue weighted by Crippen LogP contribution is 2.31.